The Morgan fingerprint density at radius 3 is 2.80 bits per heavy atom. The minimum Gasteiger partial charge on any atom is -0.485 e. The number of amides is 2. The van der Waals surface area contributed by atoms with Crippen LogP contribution < -0.4 is 14.8 Å². The molecule has 1 saturated heterocycles. The first-order valence-corrected chi connectivity index (χ1v) is 8.99. The third-order valence-electron chi connectivity index (χ3n) is 4.70. The maximum atomic E-state index is 12.8. The largest absolute Gasteiger partial charge is 0.485 e. The highest BCUT2D eigenvalue weighted by Gasteiger charge is 2.33. The van der Waals surface area contributed by atoms with E-state index in [-0.39, 0.29) is 30.3 Å². The maximum Gasteiger partial charge on any atom is 0.267 e. The van der Waals surface area contributed by atoms with Gasteiger partial charge in [0.05, 0.1) is 0 Å². The van der Waals surface area contributed by atoms with E-state index in [2.05, 4.69) is 5.32 Å². The lowest BCUT2D eigenvalue weighted by Crippen LogP contribution is -2.51. The normalized spacial score (nSPS) is 22.6. The number of nitrogens with one attached hydrogen (secondary N) is 1. The fraction of sp³-hybridized carbons (Fsp3) is 0.579. The van der Waals surface area contributed by atoms with Crippen LogP contribution in [0.2, 0.25) is 0 Å². The van der Waals surface area contributed by atoms with E-state index in [1.165, 1.54) is 0 Å². The van der Waals surface area contributed by atoms with Crippen molar-refractivity contribution in [3.05, 3.63) is 24.3 Å². The molecule has 2 amide bonds. The van der Waals surface area contributed by atoms with E-state index >= 15 is 0 Å². The van der Waals surface area contributed by atoms with E-state index in [4.69, 9.17) is 9.47 Å². The number of piperidine rings is 1. The first-order valence-electron chi connectivity index (χ1n) is 8.99. The molecule has 2 heterocycles. The molecule has 0 radical (unpaired) electrons. The molecule has 1 N–H and O–H groups in total. The number of hydrogen-bond donors (Lipinski definition) is 1. The lowest BCUT2D eigenvalue weighted by Gasteiger charge is -2.36. The molecule has 2 aliphatic heterocycles. The number of ether oxygens (including phenoxy) is 2. The highest BCUT2D eigenvalue weighted by molar-refractivity contribution is 5.82. The van der Waals surface area contributed by atoms with Gasteiger partial charge in [-0.1, -0.05) is 26.0 Å². The second kappa shape index (κ2) is 7.76. The number of fused-ring (bicyclic) bond motifs is 1. The fourth-order valence-electron chi connectivity index (χ4n) is 3.23. The lowest BCUT2D eigenvalue weighted by atomic mass is 9.97. The van der Waals surface area contributed by atoms with Gasteiger partial charge in [0.2, 0.25) is 12.0 Å². The Morgan fingerprint density at radius 2 is 2.04 bits per heavy atom. The van der Waals surface area contributed by atoms with Crippen molar-refractivity contribution in [3.8, 4) is 11.5 Å². The van der Waals surface area contributed by atoms with Crippen molar-refractivity contribution in [1.29, 1.82) is 0 Å². The minimum absolute atomic E-state index is 0.0193. The van der Waals surface area contributed by atoms with E-state index in [1.54, 1.807) is 0 Å². The number of hydrogen-bond acceptors (Lipinski definition) is 4. The Hall–Kier alpha value is -2.24. The molecule has 2 aliphatic rings. The van der Waals surface area contributed by atoms with Gasteiger partial charge >= 0.3 is 0 Å². The number of rotatable bonds is 4. The van der Waals surface area contributed by atoms with Crippen LogP contribution in [0.1, 0.15) is 26.7 Å². The monoisotopic (exact) mass is 346 g/mol. The van der Waals surface area contributed by atoms with Crippen LogP contribution >= 0.6 is 0 Å². The van der Waals surface area contributed by atoms with Crippen LogP contribution in [-0.4, -0.2) is 49.1 Å². The second-order valence-corrected chi connectivity index (χ2v) is 7.06. The Balaban J connectivity index is 1.55. The summed E-state index contributed by atoms with van der Waals surface area (Å²) < 4.78 is 11.5. The van der Waals surface area contributed by atoms with Gasteiger partial charge in [-0.2, -0.15) is 0 Å². The molecule has 1 fully saturated rings. The molecule has 6 heteroatoms. The molecule has 25 heavy (non-hydrogen) atoms. The van der Waals surface area contributed by atoms with Crippen molar-refractivity contribution in [1.82, 2.24) is 10.2 Å². The predicted molar refractivity (Wildman–Crippen MR) is 93.5 cm³/mol. The van der Waals surface area contributed by atoms with Crippen molar-refractivity contribution in [2.24, 2.45) is 11.8 Å². The molecular weight excluding hydrogens is 320 g/mol. The number of likely N-dealkylation sites (tertiary alicyclic amines) is 1. The number of carbonyl (C=O) groups excluding carboxylic acids is 2. The lowest BCUT2D eigenvalue weighted by molar-refractivity contribution is -0.143. The molecule has 2 atom stereocenters. The van der Waals surface area contributed by atoms with Crippen LogP contribution in [0.3, 0.4) is 0 Å². The Kier molecular flexibility index (Phi) is 5.46. The summed E-state index contributed by atoms with van der Waals surface area (Å²) >= 11 is 0. The molecule has 6 nitrogen and oxygen atoms in total. The summed E-state index contributed by atoms with van der Waals surface area (Å²) in [6, 6.07) is 7.40. The molecule has 1 aromatic rings. The van der Waals surface area contributed by atoms with Crippen LogP contribution in [0.4, 0.5) is 0 Å². The van der Waals surface area contributed by atoms with Gasteiger partial charge < -0.3 is 19.7 Å². The highest BCUT2D eigenvalue weighted by Crippen LogP contribution is 2.31. The van der Waals surface area contributed by atoms with Crippen LogP contribution in [0.5, 0.6) is 11.5 Å². The predicted octanol–water partition coefficient (Wildman–Crippen LogP) is 1.84. The quantitative estimate of drug-likeness (QED) is 0.903. The van der Waals surface area contributed by atoms with Gasteiger partial charge in [0, 0.05) is 25.6 Å². The molecular formula is C19H26N2O4. The molecule has 136 valence electrons. The molecule has 1 aromatic carbocycles. The van der Waals surface area contributed by atoms with Gasteiger partial charge in [-0.15, -0.1) is 0 Å². The second-order valence-electron chi connectivity index (χ2n) is 7.06. The van der Waals surface area contributed by atoms with Crippen molar-refractivity contribution >= 4 is 11.8 Å². The van der Waals surface area contributed by atoms with Crippen LogP contribution in [0.25, 0.3) is 0 Å². The number of para-hydroxylation sites is 2. The van der Waals surface area contributed by atoms with Gasteiger partial charge in [0.15, 0.2) is 11.5 Å². The summed E-state index contributed by atoms with van der Waals surface area (Å²) in [4.78, 5) is 26.4. The highest BCUT2D eigenvalue weighted by atomic mass is 16.6. The summed E-state index contributed by atoms with van der Waals surface area (Å²) in [6.07, 6.45) is 1.37. The van der Waals surface area contributed by atoms with Gasteiger partial charge in [-0.05, 0) is 30.9 Å². The molecule has 0 aliphatic carbocycles. The zero-order valence-electron chi connectivity index (χ0n) is 14.9. The van der Waals surface area contributed by atoms with Crippen molar-refractivity contribution in [2.45, 2.75) is 32.8 Å². The van der Waals surface area contributed by atoms with E-state index in [1.807, 2.05) is 43.0 Å². The number of carbonyl (C=O) groups is 2. The topological polar surface area (TPSA) is 67.9 Å². The summed E-state index contributed by atoms with van der Waals surface area (Å²) in [5.74, 6) is 1.59. The van der Waals surface area contributed by atoms with Gasteiger partial charge in [0.25, 0.3) is 5.91 Å². The summed E-state index contributed by atoms with van der Waals surface area (Å²) in [7, 11) is 0. The maximum absolute atomic E-state index is 12.8. The van der Waals surface area contributed by atoms with Crippen LogP contribution in [0, 0.1) is 11.8 Å². The molecule has 0 saturated carbocycles. The minimum atomic E-state index is -0.598. The first kappa shape index (κ1) is 17.6. The zero-order valence-corrected chi connectivity index (χ0v) is 14.9. The van der Waals surface area contributed by atoms with Crippen LogP contribution in [-0.2, 0) is 9.59 Å². The molecule has 0 spiro atoms. The fourth-order valence-corrected chi connectivity index (χ4v) is 3.23. The first-order chi connectivity index (χ1) is 12.0. The third-order valence-corrected chi connectivity index (χ3v) is 4.70. The number of benzene rings is 1. The summed E-state index contributed by atoms with van der Waals surface area (Å²) in [6.45, 7) is 6.00. The van der Waals surface area contributed by atoms with Gasteiger partial charge in [0.1, 0.15) is 6.61 Å². The number of nitrogens with zero attached hydrogens (tertiary/aromatic N) is 1. The third kappa shape index (κ3) is 4.24. The van der Waals surface area contributed by atoms with Crippen molar-refractivity contribution < 1.29 is 19.1 Å². The standard InChI is InChI=1S/C19H26N2O4/c1-13(2)18(22)20-10-14-6-5-9-21(11-14)19(23)17-12-24-15-7-3-4-8-16(15)25-17/h3-4,7-8,13-14,17H,5-6,9-12H2,1-2H3,(H,20,22)/t14-,17+/m0/s1. The SMILES string of the molecule is CC(C)C(=O)NC[C@@H]1CCCN(C(=O)[C@H]2COc3ccccc3O2)C1. The van der Waals surface area contributed by atoms with Crippen molar-refractivity contribution in [3.63, 3.8) is 0 Å². The molecule has 0 aromatic heterocycles. The molecule has 0 unspecified atom stereocenters. The average Bonchev–Trinajstić information content (AvgIpc) is 2.65. The van der Waals surface area contributed by atoms with Gasteiger partial charge in [-0.25, -0.2) is 0 Å². The summed E-state index contributed by atoms with van der Waals surface area (Å²) in [5, 5.41) is 2.97. The van der Waals surface area contributed by atoms with E-state index in [0.29, 0.717) is 24.6 Å². The Labute approximate surface area is 148 Å². The molecule has 3 rings (SSSR count). The van der Waals surface area contributed by atoms with E-state index < -0.39 is 6.10 Å². The summed E-state index contributed by atoms with van der Waals surface area (Å²) in [5.41, 5.74) is 0. The van der Waals surface area contributed by atoms with E-state index in [0.717, 1.165) is 19.4 Å². The Morgan fingerprint density at radius 1 is 1.28 bits per heavy atom. The van der Waals surface area contributed by atoms with Gasteiger partial charge in [-0.3, -0.25) is 9.59 Å². The smallest absolute Gasteiger partial charge is 0.267 e. The van der Waals surface area contributed by atoms with E-state index in [9.17, 15) is 9.59 Å². The zero-order chi connectivity index (χ0) is 17.8. The Bertz CT molecular complexity index is 632. The van der Waals surface area contributed by atoms with Crippen LogP contribution in [0.15, 0.2) is 24.3 Å². The average molecular weight is 346 g/mol. The van der Waals surface area contributed by atoms with Crippen molar-refractivity contribution in [2.75, 3.05) is 26.2 Å². The molecule has 0 bridgehead atoms.